The number of H-pyrrole nitrogens is 1. The quantitative estimate of drug-likeness (QED) is 0.738. The summed E-state index contributed by atoms with van der Waals surface area (Å²) in [6.45, 7) is 2.11. The summed E-state index contributed by atoms with van der Waals surface area (Å²) >= 11 is 0. The number of nitrogens with one attached hydrogen (secondary N) is 1. The van der Waals surface area contributed by atoms with E-state index in [4.69, 9.17) is 4.74 Å². The number of aldehydes is 1. The van der Waals surface area contributed by atoms with E-state index in [0.29, 0.717) is 29.3 Å². The maximum Gasteiger partial charge on any atom is 0.152 e. The molecule has 0 aliphatic heterocycles. The van der Waals surface area contributed by atoms with Gasteiger partial charge in [-0.3, -0.25) is 4.79 Å². The lowest BCUT2D eigenvalue weighted by atomic mass is 10.2. The molecule has 0 amide bonds. The van der Waals surface area contributed by atoms with Crippen LogP contribution in [0, 0.1) is 6.92 Å². The molecule has 1 aromatic carbocycles. The van der Waals surface area contributed by atoms with Gasteiger partial charge in [-0.25, -0.2) is 9.97 Å². The predicted molar refractivity (Wildman–Crippen MR) is 74.8 cm³/mol. The van der Waals surface area contributed by atoms with Gasteiger partial charge in [-0.2, -0.15) is 0 Å². The highest BCUT2D eigenvalue weighted by molar-refractivity contribution is 5.96. The first-order chi connectivity index (χ1) is 9.78. The van der Waals surface area contributed by atoms with E-state index in [9.17, 15) is 4.79 Å². The van der Waals surface area contributed by atoms with Crippen molar-refractivity contribution in [1.29, 1.82) is 0 Å². The number of carbonyl (C=O) groups excluding carboxylic acids is 1. The molecule has 2 aromatic heterocycles. The number of para-hydroxylation sites is 1. The number of hydrogen-bond donors (Lipinski definition) is 1. The Hall–Kier alpha value is -2.69. The fourth-order valence-corrected chi connectivity index (χ4v) is 2.12. The summed E-state index contributed by atoms with van der Waals surface area (Å²) in [5.74, 6) is 1.41. The van der Waals surface area contributed by atoms with Gasteiger partial charge in [0.05, 0.1) is 11.1 Å². The van der Waals surface area contributed by atoms with Crippen molar-refractivity contribution >= 4 is 17.3 Å². The molecule has 0 saturated carbocycles. The van der Waals surface area contributed by atoms with E-state index in [1.807, 2.05) is 37.3 Å². The first-order valence-corrected chi connectivity index (χ1v) is 6.25. The smallest absolute Gasteiger partial charge is 0.152 e. The van der Waals surface area contributed by atoms with Gasteiger partial charge in [0.1, 0.15) is 23.8 Å². The van der Waals surface area contributed by atoms with Crippen LogP contribution in [0.25, 0.3) is 11.0 Å². The van der Waals surface area contributed by atoms with Crippen molar-refractivity contribution in [1.82, 2.24) is 15.0 Å². The van der Waals surface area contributed by atoms with Crippen LogP contribution in [0.5, 0.6) is 5.75 Å². The molecule has 5 nitrogen and oxygen atoms in total. The van der Waals surface area contributed by atoms with Crippen molar-refractivity contribution in [3.05, 3.63) is 53.6 Å². The lowest BCUT2D eigenvalue weighted by molar-refractivity contribution is 0.112. The molecule has 0 aliphatic rings. The highest BCUT2D eigenvalue weighted by Gasteiger charge is 2.12. The van der Waals surface area contributed by atoms with Gasteiger partial charge in [-0.1, -0.05) is 18.2 Å². The molecule has 3 aromatic rings. The third kappa shape index (κ3) is 2.25. The third-order valence-electron chi connectivity index (χ3n) is 2.99. The number of aromatic nitrogens is 3. The van der Waals surface area contributed by atoms with E-state index < -0.39 is 0 Å². The van der Waals surface area contributed by atoms with Crippen LogP contribution in [0.4, 0.5) is 0 Å². The molecule has 5 heteroatoms. The lowest BCUT2D eigenvalue weighted by Gasteiger charge is -2.07. The van der Waals surface area contributed by atoms with Gasteiger partial charge in [-0.15, -0.1) is 0 Å². The zero-order valence-electron chi connectivity index (χ0n) is 11.0. The van der Waals surface area contributed by atoms with Crippen LogP contribution in [0.15, 0.2) is 36.5 Å². The first kappa shape index (κ1) is 12.3. The summed E-state index contributed by atoms with van der Waals surface area (Å²) in [4.78, 5) is 22.7. The molecule has 0 fully saturated rings. The molecular weight excluding hydrogens is 254 g/mol. The average Bonchev–Trinajstić information content (AvgIpc) is 2.88. The number of ether oxygens (including phenoxy) is 1. The predicted octanol–water partition coefficient (Wildman–Crippen LogP) is 2.66. The largest absolute Gasteiger partial charge is 0.487 e. The molecule has 3 rings (SSSR count). The van der Waals surface area contributed by atoms with Gasteiger partial charge >= 0.3 is 0 Å². The van der Waals surface area contributed by atoms with Gasteiger partial charge in [-0.05, 0) is 19.1 Å². The van der Waals surface area contributed by atoms with Gasteiger partial charge in [0.2, 0.25) is 0 Å². The number of hydrogen-bond acceptors (Lipinski definition) is 4. The molecule has 0 bridgehead atoms. The van der Waals surface area contributed by atoms with Crippen molar-refractivity contribution in [2.24, 2.45) is 0 Å². The highest BCUT2D eigenvalue weighted by atomic mass is 16.5. The summed E-state index contributed by atoms with van der Waals surface area (Å²) in [6.07, 6.45) is 2.43. The minimum Gasteiger partial charge on any atom is -0.487 e. The molecule has 2 heterocycles. The average molecular weight is 267 g/mol. The summed E-state index contributed by atoms with van der Waals surface area (Å²) in [5, 5.41) is 0.724. The standard InChI is InChI=1S/C15H13N3O2/c1-10-17-13(9-20-12-5-3-2-4-6-12)14-11(8-19)7-16-15(14)18-10/h2-8H,9H2,1H3,(H,16,17,18). The van der Waals surface area contributed by atoms with E-state index in [1.165, 1.54) is 0 Å². The molecule has 0 radical (unpaired) electrons. The van der Waals surface area contributed by atoms with E-state index in [1.54, 1.807) is 6.20 Å². The summed E-state index contributed by atoms with van der Waals surface area (Å²) in [6, 6.07) is 9.50. The van der Waals surface area contributed by atoms with Crippen molar-refractivity contribution in [3.63, 3.8) is 0 Å². The number of aryl methyl sites for hydroxylation is 1. The Balaban J connectivity index is 1.97. The highest BCUT2D eigenvalue weighted by Crippen LogP contribution is 2.20. The second-order valence-electron chi connectivity index (χ2n) is 4.40. The third-order valence-corrected chi connectivity index (χ3v) is 2.99. The Bertz CT molecular complexity index is 750. The summed E-state index contributed by atoms with van der Waals surface area (Å²) < 4.78 is 5.70. The van der Waals surface area contributed by atoms with Crippen molar-refractivity contribution in [2.75, 3.05) is 0 Å². The number of nitrogens with zero attached hydrogens (tertiary/aromatic N) is 2. The molecule has 1 N–H and O–H groups in total. The first-order valence-electron chi connectivity index (χ1n) is 6.25. The van der Waals surface area contributed by atoms with Crippen LogP contribution in [-0.2, 0) is 6.61 Å². The number of carbonyl (C=O) groups is 1. The Morgan fingerprint density at radius 3 is 2.80 bits per heavy atom. The SMILES string of the molecule is Cc1nc(COc2ccccc2)c2c(C=O)c[nH]c2n1. The zero-order chi connectivity index (χ0) is 13.9. The monoisotopic (exact) mass is 267 g/mol. The fourth-order valence-electron chi connectivity index (χ4n) is 2.12. The lowest BCUT2D eigenvalue weighted by Crippen LogP contribution is -2.03. The van der Waals surface area contributed by atoms with E-state index in [2.05, 4.69) is 15.0 Å². The number of rotatable bonds is 4. The Morgan fingerprint density at radius 1 is 1.25 bits per heavy atom. The second-order valence-corrected chi connectivity index (χ2v) is 4.40. The Labute approximate surface area is 115 Å². The van der Waals surface area contributed by atoms with Crippen LogP contribution >= 0.6 is 0 Å². The van der Waals surface area contributed by atoms with Crippen molar-refractivity contribution in [2.45, 2.75) is 13.5 Å². The number of fused-ring (bicyclic) bond motifs is 1. The van der Waals surface area contributed by atoms with E-state index in [0.717, 1.165) is 17.4 Å². The van der Waals surface area contributed by atoms with Crippen LogP contribution in [-0.4, -0.2) is 21.2 Å². The molecule has 0 saturated heterocycles. The molecule has 100 valence electrons. The van der Waals surface area contributed by atoms with Gasteiger partial charge < -0.3 is 9.72 Å². The van der Waals surface area contributed by atoms with E-state index in [-0.39, 0.29) is 0 Å². The Morgan fingerprint density at radius 2 is 2.05 bits per heavy atom. The summed E-state index contributed by atoms with van der Waals surface area (Å²) in [7, 11) is 0. The van der Waals surface area contributed by atoms with Crippen LogP contribution < -0.4 is 4.74 Å². The van der Waals surface area contributed by atoms with Gasteiger partial charge in [0.25, 0.3) is 0 Å². The van der Waals surface area contributed by atoms with Gasteiger partial charge in [0, 0.05) is 11.8 Å². The second kappa shape index (κ2) is 5.13. The van der Waals surface area contributed by atoms with Gasteiger partial charge in [0.15, 0.2) is 6.29 Å². The maximum atomic E-state index is 11.1. The zero-order valence-corrected chi connectivity index (χ0v) is 11.0. The number of aromatic amines is 1. The van der Waals surface area contributed by atoms with Crippen LogP contribution in [0.2, 0.25) is 0 Å². The number of benzene rings is 1. The molecule has 0 unspecified atom stereocenters. The molecule has 20 heavy (non-hydrogen) atoms. The van der Waals surface area contributed by atoms with Crippen LogP contribution in [0.3, 0.4) is 0 Å². The molecular formula is C15H13N3O2. The topological polar surface area (TPSA) is 67.9 Å². The van der Waals surface area contributed by atoms with Crippen molar-refractivity contribution < 1.29 is 9.53 Å². The fraction of sp³-hybridized carbons (Fsp3) is 0.133. The molecule has 0 spiro atoms. The minimum absolute atomic E-state index is 0.294. The van der Waals surface area contributed by atoms with Crippen LogP contribution in [0.1, 0.15) is 21.9 Å². The molecule has 0 atom stereocenters. The molecule has 0 aliphatic carbocycles. The van der Waals surface area contributed by atoms with E-state index >= 15 is 0 Å². The van der Waals surface area contributed by atoms with Crippen molar-refractivity contribution in [3.8, 4) is 5.75 Å². The normalized spacial score (nSPS) is 10.7. The minimum atomic E-state index is 0.294. The maximum absolute atomic E-state index is 11.1. The Kier molecular flexibility index (Phi) is 3.16. The summed E-state index contributed by atoms with van der Waals surface area (Å²) in [5.41, 5.74) is 1.91.